The standard InChI is InChI=1S/C15H12BrF3O2/c1-20-12-5-2-10(3-6-12)9-21-14-7-4-11(8-13(14)16)15(17,18)19/h2-8H,9H2,1H3. The van der Waals surface area contributed by atoms with Crippen LogP contribution >= 0.6 is 15.9 Å². The maximum atomic E-state index is 12.5. The van der Waals surface area contributed by atoms with Crippen LogP contribution in [0.25, 0.3) is 0 Å². The van der Waals surface area contributed by atoms with Crippen molar-refractivity contribution in [3.05, 3.63) is 58.1 Å². The second-order valence-electron chi connectivity index (χ2n) is 4.28. The number of halogens is 4. The lowest BCUT2D eigenvalue weighted by Gasteiger charge is -2.11. The van der Waals surface area contributed by atoms with Crippen molar-refractivity contribution < 1.29 is 22.6 Å². The van der Waals surface area contributed by atoms with Crippen LogP contribution in [0.5, 0.6) is 11.5 Å². The molecule has 21 heavy (non-hydrogen) atoms. The van der Waals surface area contributed by atoms with Crippen molar-refractivity contribution in [2.45, 2.75) is 12.8 Å². The first-order valence-electron chi connectivity index (χ1n) is 6.02. The third-order valence-electron chi connectivity index (χ3n) is 2.81. The van der Waals surface area contributed by atoms with Gasteiger partial charge in [0, 0.05) is 0 Å². The molecule has 0 fully saturated rings. The third-order valence-corrected chi connectivity index (χ3v) is 3.43. The van der Waals surface area contributed by atoms with Gasteiger partial charge in [-0.1, -0.05) is 12.1 Å². The largest absolute Gasteiger partial charge is 0.497 e. The third kappa shape index (κ3) is 4.14. The van der Waals surface area contributed by atoms with Gasteiger partial charge in [-0.3, -0.25) is 0 Å². The van der Waals surface area contributed by atoms with Crippen molar-refractivity contribution >= 4 is 15.9 Å². The smallest absolute Gasteiger partial charge is 0.416 e. The molecule has 0 bridgehead atoms. The number of ether oxygens (including phenoxy) is 2. The van der Waals surface area contributed by atoms with Gasteiger partial charge in [-0.05, 0) is 51.8 Å². The molecule has 0 amide bonds. The van der Waals surface area contributed by atoms with Crippen molar-refractivity contribution in [1.82, 2.24) is 0 Å². The van der Waals surface area contributed by atoms with E-state index in [0.29, 0.717) is 5.75 Å². The highest BCUT2D eigenvalue weighted by Gasteiger charge is 2.30. The molecule has 2 nitrogen and oxygen atoms in total. The molecule has 2 rings (SSSR count). The van der Waals surface area contributed by atoms with E-state index in [0.717, 1.165) is 23.4 Å². The lowest BCUT2D eigenvalue weighted by Crippen LogP contribution is -2.05. The molecular weight excluding hydrogens is 349 g/mol. The second-order valence-corrected chi connectivity index (χ2v) is 5.13. The Labute approximate surface area is 128 Å². The Morgan fingerprint density at radius 1 is 1.05 bits per heavy atom. The Morgan fingerprint density at radius 3 is 2.24 bits per heavy atom. The molecule has 0 heterocycles. The Balaban J connectivity index is 2.06. The van der Waals surface area contributed by atoms with Gasteiger partial charge in [0.05, 0.1) is 17.1 Å². The average Bonchev–Trinajstić information content (AvgIpc) is 2.45. The number of hydrogen-bond donors (Lipinski definition) is 0. The maximum Gasteiger partial charge on any atom is 0.416 e. The topological polar surface area (TPSA) is 18.5 Å². The predicted octanol–water partition coefficient (Wildman–Crippen LogP) is 5.06. The zero-order valence-electron chi connectivity index (χ0n) is 11.1. The molecule has 112 valence electrons. The number of alkyl halides is 3. The summed E-state index contributed by atoms with van der Waals surface area (Å²) in [4.78, 5) is 0. The van der Waals surface area contributed by atoms with E-state index in [1.165, 1.54) is 6.07 Å². The first-order chi connectivity index (χ1) is 9.90. The lowest BCUT2D eigenvalue weighted by atomic mass is 10.2. The minimum atomic E-state index is -4.36. The molecule has 0 saturated carbocycles. The maximum absolute atomic E-state index is 12.5. The molecule has 0 spiro atoms. The van der Waals surface area contributed by atoms with Crippen LogP contribution in [-0.4, -0.2) is 7.11 Å². The summed E-state index contributed by atoms with van der Waals surface area (Å²) >= 11 is 3.09. The molecule has 0 aliphatic rings. The molecular formula is C15H12BrF3O2. The summed E-state index contributed by atoms with van der Waals surface area (Å²) in [5.41, 5.74) is 0.175. The van der Waals surface area contributed by atoms with Crippen LogP contribution in [0.15, 0.2) is 46.9 Å². The van der Waals surface area contributed by atoms with E-state index in [1.54, 1.807) is 19.2 Å². The average molecular weight is 361 g/mol. The molecule has 0 N–H and O–H groups in total. The molecule has 0 saturated heterocycles. The van der Waals surface area contributed by atoms with Crippen LogP contribution in [-0.2, 0) is 12.8 Å². The summed E-state index contributed by atoms with van der Waals surface area (Å²) in [6.45, 7) is 0.258. The van der Waals surface area contributed by atoms with E-state index in [2.05, 4.69) is 15.9 Å². The van der Waals surface area contributed by atoms with Gasteiger partial charge in [-0.25, -0.2) is 0 Å². The van der Waals surface area contributed by atoms with Crippen LogP contribution in [0.1, 0.15) is 11.1 Å². The van der Waals surface area contributed by atoms with Crippen LogP contribution in [0.4, 0.5) is 13.2 Å². The van der Waals surface area contributed by atoms with Gasteiger partial charge in [-0.15, -0.1) is 0 Å². The highest BCUT2D eigenvalue weighted by molar-refractivity contribution is 9.10. The minimum absolute atomic E-state index is 0.258. The van der Waals surface area contributed by atoms with Gasteiger partial charge < -0.3 is 9.47 Å². The van der Waals surface area contributed by atoms with Crippen LogP contribution in [0.2, 0.25) is 0 Å². The van der Waals surface area contributed by atoms with Crippen molar-refractivity contribution in [2.24, 2.45) is 0 Å². The fourth-order valence-corrected chi connectivity index (χ4v) is 2.17. The SMILES string of the molecule is COc1ccc(COc2ccc(C(F)(F)F)cc2Br)cc1. The number of hydrogen-bond acceptors (Lipinski definition) is 2. The summed E-state index contributed by atoms with van der Waals surface area (Å²) in [6, 6.07) is 10.5. The monoisotopic (exact) mass is 360 g/mol. The minimum Gasteiger partial charge on any atom is -0.497 e. The highest BCUT2D eigenvalue weighted by atomic mass is 79.9. The summed E-state index contributed by atoms with van der Waals surface area (Å²) < 4.78 is 48.5. The zero-order chi connectivity index (χ0) is 15.5. The van der Waals surface area contributed by atoms with Crippen molar-refractivity contribution in [1.29, 1.82) is 0 Å². The molecule has 0 aromatic heterocycles. The second kappa shape index (κ2) is 6.39. The van der Waals surface area contributed by atoms with Crippen molar-refractivity contribution in [3.63, 3.8) is 0 Å². The first-order valence-corrected chi connectivity index (χ1v) is 6.82. The molecule has 0 aliphatic heterocycles. The Kier molecular flexibility index (Phi) is 4.77. The number of benzene rings is 2. The molecule has 0 aliphatic carbocycles. The van der Waals surface area contributed by atoms with Gasteiger partial charge in [0.15, 0.2) is 0 Å². The normalized spacial score (nSPS) is 11.3. The van der Waals surface area contributed by atoms with E-state index < -0.39 is 11.7 Å². The molecule has 0 unspecified atom stereocenters. The molecule has 6 heteroatoms. The van der Waals surface area contributed by atoms with Crippen molar-refractivity contribution in [3.8, 4) is 11.5 Å². The molecule has 0 atom stereocenters. The van der Waals surface area contributed by atoms with Gasteiger partial charge in [-0.2, -0.15) is 13.2 Å². The molecule has 2 aromatic carbocycles. The van der Waals surface area contributed by atoms with E-state index in [9.17, 15) is 13.2 Å². The molecule has 0 radical (unpaired) electrons. The Hall–Kier alpha value is -1.69. The summed E-state index contributed by atoms with van der Waals surface area (Å²) in [5, 5.41) is 0. The molecule has 2 aromatic rings. The van der Waals surface area contributed by atoms with Crippen LogP contribution < -0.4 is 9.47 Å². The quantitative estimate of drug-likeness (QED) is 0.758. The summed E-state index contributed by atoms with van der Waals surface area (Å²) in [5.74, 6) is 1.09. The number of rotatable bonds is 4. The first kappa shape index (κ1) is 15.7. The van der Waals surface area contributed by atoms with Gasteiger partial charge in [0.25, 0.3) is 0 Å². The predicted molar refractivity (Wildman–Crippen MR) is 76.5 cm³/mol. The summed E-state index contributed by atoms with van der Waals surface area (Å²) in [6.07, 6.45) is -4.36. The van der Waals surface area contributed by atoms with Gasteiger partial charge in [0.1, 0.15) is 18.1 Å². The Bertz CT molecular complexity index is 609. The van der Waals surface area contributed by atoms with Crippen LogP contribution in [0, 0.1) is 0 Å². The van der Waals surface area contributed by atoms with E-state index >= 15 is 0 Å². The highest BCUT2D eigenvalue weighted by Crippen LogP contribution is 2.35. The fraction of sp³-hybridized carbons (Fsp3) is 0.200. The number of methoxy groups -OCH3 is 1. The summed E-state index contributed by atoms with van der Waals surface area (Å²) in [7, 11) is 1.57. The Morgan fingerprint density at radius 2 is 1.71 bits per heavy atom. The lowest BCUT2D eigenvalue weighted by molar-refractivity contribution is -0.137. The fourth-order valence-electron chi connectivity index (χ4n) is 1.68. The van der Waals surface area contributed by atoms with Gasteiger partial charge in [0.2, 0.25) is 0 Å². The van der Waals surface area contributed by atoms with E-state index in [4.69, 9.17) is 9.47 Å². The van der Waals surface area contributed by atoms with Crippen molar-refractivity contribution in [2.75, 3.05) is 7.11 Å². The zero-order valence-corrected chi connectivity index (χ0v) is 12.7. The van der Waals surface area contributed by atoms with E-state index in [-0.39, 0.29) is 11.1 Å². The van der Waals surface area contributed by atoms with Crippen LogP contribution in [0.3, 0.4) is 0 Å². The van der Waals surface area contributed by atoms with E-state index in [1.807, 2.05) is 12.1 Å². The van der Waals surface area contributed by atoms with Gasteiger partial charge >= 0.3 is 6.18 Å².